The Morgan fingerprint density at radius 2 is 1.67 bits per heavy atom. The summed E-state index contributed by atoms with van der Waals surface area (Å²) in [6.45, 7) is 4.01. The number of nitrogens with two attached hydrogens (primary N) is 1. The second-order valence-electron chi connectivity index (χ2n) is 17.4. The number of anilines is 2. The van der Waals surface area contributed by atoms with Crippen molar-refractivity contribution < 1.29 is 57.0 Å². The molecule has 23 heteroatoms. The van der Waals surface area contributed by atoms with Gasteiger partial charge in [0.2, 0.25) is 23.2 Å². The summed E-state index contributed by atoms with van der Waals surface area (Å²) >= 11 is 6.70. The number of unbranched alkanes of at least 4 members (excludes halogenated alkanes) is 2. The van der Waals surface area contributed by atoms with Crippen LogP contribution in [0.3, 0.4) is 0 Å². The van der Waals surface area contributed by atoms with Crippen molar-refractivity contribution in [3.05, 3.63) is 80.9 Å². The SMILES string of the molecule is CC(C)C(NC(=O)CCCCCN1C(=O)C=CC1=O)C(=O)N[C@@H](CCCNC(N)=O)C(=O)Nc1ccc(COC(=O)NC2CCN(c3c(F)cc4c(=O)c(C(=O)O)cn([C@H]5C[C@@H]5F)c4c3Cl)C2)cc1. The summed E-state index contributed by atoms with van der Waals surface area (Å²) in [6, 6.07) is 3.12. The maximum absolute atomic E-state index is 15.6. The molecular weight excluding hydrogens is 928 g/mol. The van der Waals surface area contributed by atoms with Crippen molar-refractivity contribution in [3.8, 4) is 0 Å². The number of primary amides is 1. The molecule has 0 spiro atoms. The van der Waals surface area contributed by atoms with E-state index in [-0.39, 0.29) is 104 Å². The predicted molar refractivity (Wildman–Crippen MR) is 248 cm³/mol. The number of amides is 8. The van der Waals surface area contributed by atoms with Crippen LogP contribution >= 0.6 is 11.6 Å². The quantitative estimate of drug-likeness (QED) is 0.0560. The van der Waals surface area contributed by atoms with Gasteiger partial charge < -0.3 is 51.6 Å². The first-order valence-electron chi connectivity index (χ1n) is 22.5. The molecule has 0 bridgehead atoms. The minimum Gasteiger partial charge on any atom is -0.477 e. The van der Waals surface area contributed by atoms with Crippen LogP contribution in [0.4, 0.5) is 29.7 Å². The summed E-state index contributed by atoms with van der Waals surface area (Å²) in [6.07, 6.45) is 3.79. The molecule has 6 rings (SSSR count). The number of alkyl carbamates (subject to hydrolysis) is 1. The number of carboxylic acids is 1. The molecule has 2 fully saturated rings. The molecular formula is C46H54ClF2N9O11. The summed E-state index contributed by atoms with van der Waals surface area (Å²) in [7, 11) is 0. The molecule has 69 heavy (non-hydrogen) atoms. The normalized spacial score (nSPS) is 18.3. The zero-order valence-electron chi connectivity index (χ0n) is 37.9. The minimum absolute atomic E-state index is 0.0161. The second-order valence-corrected chi connectivity index (χ2v) is 17.8. The van der Waals surface area contributed by atoms with E-state index in [1.807, 2.05) is 0 Å². The number of benzene rings is 2. The molecule has 1 saturated heterocycles. The van der Waals surface area contributed by atoms with Crippen LogP contribution < -0.4 is 42.6 Å². The van der Waals surface area contributed by atoms with E-state index in [4.69, 9.17) is 22.1 Å². The molecule has 8 N–H and O–H groups in total. The Hall–Kier alpha value is -7.10. The van der Waals surface area contributed by atoms with E-state index >= 15 is 4.39 Å². The molecule has 1 aliphatic carbocycles. The number of alkyl halides is 1. The van der Waals surface area contributed by atoms with E-state index in [1.165, 1.54) is 16.7 Å². The Bertz CT molecular complexity index is 2570. The van der Waals surface area contributed by atoms with Gasteiger partial charge in [0.25, 0.3) is 11.8 Å². The number of carbonyl (C=O) groups excluding carboxylic acids is 7. The van der Waals surface area contributed by atoms with Crippen LogP contribution in [0.25, 0.3) is 10.9 Å². The van der Waals surface area contributed by atoms with Gasteiger partial charge in [0.05, 0.1) is 33.7 Å². The van der Waals surface area contributed by atoms with Gasteiger partial charge in [-0.15, -0.1) is 0 Å². The number of imide groups is 1. The summed E-state index contributed by atoms with van der Waals surface area (Å²) in [5, 5.41) is 22.5. The van der Waals surface area contributed by atoms with Gasteiger partial charge in [-0.1, -0.05) is 44.0 Å². The van der Waals surface area contributed by atoms with Gasteiger partial charge in [-0.25, -0.2) is 23.2 Å². The van der Waals surface area contributed by atoms with Gasteiger partial charge in [-0.05, 0) is 61.8 Å². The average molecular weight is 982 g/mol. The number of halogens is 3. The first kappa shape index (κ1) is 51.3. The lowest BCUT2D eigenvalue weighted by molar-refractivity contribution is -0.137. The molecule has 1 saturated carbocycles. The molecule has 2 unspecified atom stereocenters. The van der Waals surface area contributed by atoms with E-state index in [1.54, 1.807) is 43.0 Å². The Morgan fingerprint density at radius 1 is 0.971 bits per heavy atom. The largest absolute Gasteiger partial charge is 0.477 e. The summed E-state index contributed by atoms with van der Waals surface area (Å²) in [4.78, 5) is 115. The van der Waals surface area contributed by atoms with Crippen molar-refractivity contribution in [1.29, 1.82) is 0 Å². The zero-order chi connectivity index (χ0) is 50.1. The number of pyridine rings is 1. The van der Waals surface area contributed by atoms with Crippen LogP contribution in [-0.4, -0.2) is 113 Å². The van der Waals surface area contributed by atoms with Crippen molar-refractivity contribution in [1.82, 2.24) is 30.7 Å². The third kappa shape index (κ3) is 13.1. The lowest BCUT2D eigenvalue weighted by Crippen LogP contribution is -2.54. The number of nitrogens with one attached hydrogen (secondary N) is 5. The summed E-state index contributed by atoms with van der Waals surface area (Å²) in [5.74, 6) is -5.11. The minimum atomic E-state index is -1.54. The number of carbonyl (C=O) groups is 8. The molecule has 8 amide bonds. The highest BCUT2D eigenvalue weighted by Crippen LogP contribution is 2.44. The first-order valence-corrected chi connectivity index (χ1v) is 22.9. The fourth-order valence-corrected chi connectivity index (χ4v) is 8.55. The average Bonchev–Trinajstić information content (AvgIpc) is 3.70. The third-order valence-electron chi connectivity index (χ3n) is 11.9. The fraction of sp³-hybridized carbons (Fsp3) is 0.457. The number of rotatable bonds is 22. The highest BCUT2D eigenvalue weighted by atomic mass is 35.5. The highest BCUT2D eigenvalue weighted by molar-refractivity contribution is 6.38. The molecule has 2 aliphatic heterocycles. The van der Waals surface area contributed by atoms with Crippen molar-refractivity contribution >= 4 is 81.5 Å². The number of aromatic carboxylic acids is 1. The smallest absolute Gasteiger partial charge is 0.407 e. The molecule has 2 aromatic carbocycles. The predicted octanol–water partition coefficient (Wildman–Crippen LogP) is 3.78. The lowest BCUT2D eigenvalue weighted by Gasteiger charge is -2.25. The fourth-order valence-electron chi connectivity index (χ4n) is 8.14. The zero-order valence-corrected chi connectivity index (χ0v) is 38.6. The monoisotopic (exact) mass is 981 g/mol. The van der Waals surface area contributed by atoms with Crippen LogP contribution in [0.1, 0.15) is 87.2 Å². The Labute approximate surface area is 399 Å². The van der Waals surface area contributed by atoms with Crippen LogP contribution in [0.2, 0.25) is 5.02 Å². The molecule has 20 nitrogen and oxygen atoms in total. The van der Waals surface area contributed by atoms with Gasteiger partial charge in [0, 0.05) is 63.1 Å². The second kappa shape index (κ2) is 22.8. The molecule has 370 valence electrons. The van der Waals surface area contributed by atoms with Crippen LogP contribution in [-0.2, 0) is 35.3 Å². The van der Waals surface area contributed by atoms with Crippen LogP contribution in [0.15, 0.2) is 53.5 Å². The molecule has 3 heterocycles. The van der Waals surface area contributed by atoms with Gasteiger partial charge >= 0.3 is 18.1 Å². The number of carboxylic acid groups (broad SMARTS) is 1. The Balaban J connectivity index is 0.992. The number of hydrogen-bond acceptors (Lipinski definition) is 11. The van der Waals surface area contributed by atoms with Crippen molar-refractivity contribution in [2.75, 3.05) is 36.4 Å². The standard InChI is InChI=1S/C46H54ClF2N9O11/c1-24(2)38(55-34(59)8-4-3-5-17-57-35(60)13-14-36(57)61)43(64)54-32(7-6-16-51-45(50)67)42(63)52-26-11-9-25(10-12-26)23-69-46(68)53-27-15-18-56(21-27)40-31(49)19-28-39(37(40)47)58(33-20-30(33)48)22-29(41(28)62)44(65)66/h9-14,19,22,24,27,30,32-33,38H,3-8,15-18,20-21,23H2,1-2H3,(H,52,63)(H,53,68)(H,54,64)(H,55,59)(H,65,66)(H3,50,51,67)/t27?,30-,32-,33-,38?/m0/s1. The van der Waals surface area contributed by atoms with E-state index < -0.39 is 77.1 Å². The van der Waals surface area contributed by atoms with Gasteiger partial charge in [-0.2, -0.15) is 0 Å². The number of aromatic nitrogens is 1. The van der Waals surface area contributed by atoms with Crippen LogP contribution in [0.5, 0.6) is 0 Å². The molecule has 3 aliphatic rings. The third-order valence-corrected chi connectivity index (χ3v) is 12.3. The maximum Gasteiger partial charge on any atom is 0.407 e. The molecule has 1 aromatic heterocycles. The Morgan fingerprint density at radius 3 is 2.30 bits per heavy atom. The van der Waals surface area contributed by atoms with Crippen LogP contribution in [0, 0.1) is 11.7 Å². The molecule has 3 aromatic rings. The summed E-state index contributed by atoms with van der Waals surface area (Å²) in [5.41, 5.74) is 4.43. The number of ether oxygens (including phenoxy) is 1. The number of hydrogen-bond donors (Lipinski definition) is 7. The van der Waals surface area contributed by atoms with E-state index in [0.29, 0.717) is 36.9 Å². The number of nitrogens with zero attached hydrogens (tertiary/aromatic N) is 3. The van der Waals surface area contributed by atoms with E-state index in [9.17, 15) is 52.6 Å². The molecule has 5 atom stereocenters. The van der Waals surface area contributed by atoms with Gasteiger partial charge in [0.15, 0.2) is 0 Å². The molecule has 0 radical (unpaired) electrons. The van der Waals surface area contributed by atoms with E-state index in [0.717, 1.165) is 17.2 Å². The lowest BCUT2D eigenvalue weighted by atomic mass is 10.0. The topological polar surface area (TPSA) is 281 Å². The van der Waals surface area contributed by atoms with E-state index in [2.05, 4.69) is 26.6 Å². The van der Waals surface area contributed by atoms with Crippen molar-refractivity contribution in [2.45, 2.75) is 102 Å². The first-order chi connectivity index (χ1) is 32.8. The Kier molecular flexibility index (Phi) is 16.9. The maximum atomic E-state index is 15.6. The number of urea groups is 1. The van der Waals surface area contributed by atoms with Crippen molar-refractivity contribution in [2.24, 2.45) is 11.7 Å². The van der Waals surface area contributed by atoms with Gasteiger partial charge in [-0.3, -0.25) is 33.7 Å². The summed E-state index contributed by atoms with van der Waals surface area (Å²) < 4.78 is 36.6. The number of fused-ring (bicyclic) bond motifs is 1. The highest BCUT2D eigenvalue weighted by Gasteiger charge is 2.41. The van der Waals surface area contributed by atoms with Gasteiger partial charge in [0.1, 0.15) is 36.2 Å². The van der Waals surface area contributed by atoms with Crippen molar-refractivity contribution in [3.63, 3.8) is 0 Å².